The molecule has 1 atom stereocenters. The van der Waals surface area contributed by atoms with Crippen LogP contribution in [0.4, 0.5) is 10.2 Å². The van der Waals surface area contributed by atoms with E-state index in [1.54, 1.807) is 0 Å². The van der Waals surface area contributed by atoms with E-state index in [1.165, 1.54) is 18.3 Å². The summed E-state index contributed by atoms with van der Waals surface area (Å²) >= 11 is 0. The Kier molecular flexibility index (Phi) is 2.80. The SMILES string of the molecule is O=C1NCCC[C@@H]1Nc1ncccc1F. The van der Waals surface area contributed by atoms with E-state index in [1.807, 2.05) is 0 Å². The molecule has 1 fully saturated rings. The van der Waals surface area contributed by atoms with Gasteiger partial charge in [0.2, 0.25) is 5.91 Å². The fourth-order valence-corrected chi connectivity index (χ4v) is 1.57. The van der Waals surface area contributed by atoms with Crippen LogP contribution in [0.1, 0.15) is 12.8 Å². The molecule has 80 valence electrons. The van der Waals surface area contributed by atoms with E-state index in [-0.39, 0.29) is 17.8 Å². The van der Waals surface area contributed by atoms with Crippen LogP contribution in [0.25, 0.3) is 0 Å². The molecule has 1 aliphatic rings. The highest BCUT2D eigenvalue weighted by Crippen LogP contribution is 2.13. The van der Waals surface area contributed by atoms with Crippen molar-refractivity contribution in [2.45, 2.75) is 18.9 Å². The van der Waals surface area contributed by atoms with E-state index in [0.717, 1.165) is 6.42 Å². The Morgan fingerprint density at radius 1 is 1.60 bits per heavy atom. The van der Waals surface area contributed by atoms with Crippen LogP contribution in [0, 0.1) is 5.82 Å². The summed E-state index contributed by atoms with van der Waals surface area (Å²) in [5.74, 6) is -0.387. The van der Waals surface area contributed by atoms with Gasteiger partial charge in [-0.15, -0.1) is 0 Å². The van der Waals surface area contributed by atoms with E-state index in [9.17, 15) is 9.18 Å². The normalized spacial score (nSPS) is 20.9. The molecule has 0 unspecified atom stereocenters. The van der Waals surface area contributed by atoms with Crippen LogP contribution < -0.4 is 10.6 Å². The van der Waals surface area contributed by atoms with Crippen LogP contribution in [0.2, 0.25) is 0 Å². The summed E-state index contributed by atoms with van der Waals surface area (Å²) in [5.41, 5.74) is 0. The highest BCUT2D eigenvalue weighted by atomic mass is 19.1. The van der Waals surface area contributed by atoms with Crippen LogP contribution in [0.3, 0.4) is 0 Å². The highest BCUT2D eigenvalue weighted by molar-refractivity contribution is 5.84. The number of rotatable bonds is 2. The van der Waals surface area contributed by atoms with Gasteiger partial charge >= 0.3 is 0 Å². The van der Waals surface area contributed by atoms with Crippen molar-refractivity contribution < 1.29 is 9.18 Å². The smallest absolute Gasteiger partial charge is 0.242 e. The minimum atomic E-state index is -0.434. The third-order valence-corrected chi connectivity index (χ3v) is 2.35. The predicted octanol–water partition coefficient (Wildman–Crippen LogP) is 0.911. The van der Waals surface area contributed by atoms with Crippen LogP contribution in [0.5, 0.6) is 0 Å². The zero-order chi connectivity index (χ0) is 10.7. The lowest BCUT2D eigenvalue weighted by molar-refractivity contribution is -0.123. The summed E-state index contributed by atoms with van der Waals surface area (Å²) in [7, 11) is 0. The van der Waals surface area contributed by atoms with Crippen LogP contribution >= 0.6 is 0 Å². The van der Waals surface area contributed by atoms with Crippen LogP contribution in [-0.2, 0) is 4.79 Å². The average molecular weight is 209 g/mol. The van der Waals surface area contributed by atoms with Crippen LogP contribution in [0.15, 0.2) is 18.3 Å². The average Bonchev–Trinajstić information content (AvgIpc) is 2.24. The van der Waals surface area contributed by atoms with Gasteiger partial charge in [0.05, 0.1) is 0 Å². The molecule has 1 aromatic rings. The fourth-order valence-electron chi connectivity index (χ4n) is 1.57. The quantitative estimate of drug-likeness (QED) is 0.761. The molecular weight excluding hydrogens is 197 g/mol. The van der Waals surface area contributed by atoms with Crippen molar-refractivity contribution in [2.24, 2.45) is 0 Å². The van der Waals surface area contributed by atoms with Gasteiger partial charge in [0.15, 0.2) is 11.6 Å². The summed E-state index contributed by atoms with van der Waals surface area (Å²) in [6.07, 6.45) is 3.10. The van der Waals surface area contributed by atoms with Crippen molar-refractivity contribution in [2.75, 3.05) is 11.9 Å². The van der Waals surface area contributed by atoms with E-state index < -0.39 is 5.82 Å². The summed E-state index contributed by atoms with van der Waals surface area (Å²) in [6, 6.07) is 2.46. The van der Waals surface area contributed by atoms with Crippen molar-refractivity contribution in [1.82, 2.24) is 10.3 Å². The van der Waals surface area contributed by atoms with Crippen molar-refractivity contribution in [3.8, 4) is 0 Å². The summed E-state index contributed by atoms with van der Waals surface area (Å²) < 4.78 is 13.2. The lowest BCUT2D eigenvalue weighted by atomic mass is 10.1. The molecule has 0 aliphatic carbocycles. The van der Waals surface area contributed by atoms with Crippen LogP contribution in [-0.4, -0.2) is 23.5 Å². The third kappa shape index (κ3) is 2.23. The number of piperidine rings is 1. The van der Waals surface area contributed by atoms with Gasteiger partial charge in [-0.3, -0.25) is 4.79 Å². The summed E-state index contributed by atoms with van der Waals surface area (Å²) in [6.45, 7) is 0.696. The number of halogens is 1. The second-order valence-electron chi connectivity index (χ2n) is 3.46. The Balaban J connectivity index is 2.08. The molecule has 1 aliphatic heterocycles. The number of nitrogens with one attached hydrogen (secondary N) is 2. The molecule has 1 amide bonds. The van der Waals surface area contributed by atoms with Gasteiger partial charge in [-0.2, -0.15) is 0 Å². The monoisotopic (exact) mass is 209 g/mol. The van der Waals surface area contributed by atoms with Gasteiger partial charge in [-0.05, 0) is 25.0 Å². The first kappa shape index (κ1) is 9.89. The van der Waals surface area contributed by atoms with Gasteiger partial charge in [-0.1, -0.05) is 0 Å². The molecule has 1 saturated heterocycles. The standard InChI is InChI=1S/C10H12FN3O/c11-7-3-1-5-12-9(7)14-8-4-2-6-13-10(8)15/h1,3,5,8H,2,4,6H2,(H,12,14)(H,13,15)/t8-/m0/s1. The van der Waals surface area contributed by atoms with Gasteiger partial charge in [0, 0.05) is 12.7 Å². The fraction of sp³-hybridized carbons (Fsp3) is 0.400. The van der Waals surface area contributed by atoms with Gasteiger partial charge in [0.25, 0.3) is 0 Å². The summed E-state index contributed by atoms with van der Waals surface area (Å²) in [4.78, 5) is 15.2. The van der Waals surface area contributed by atoms with Gasteiger partial charge in [-0.25, -0.2) is 9.37 Å². The van der Waals surface area contributed by atoms with Gasteiger partial charge in [0.1, 0.15) is 6.04 Å². The molecule has 0 aromatic carbocycles. The molecular formula is C10H12FN3O. The zero-order valence-corrected chi connectivity index (χ0v) is 8.16. The number of hydrogen-bond acceptors (Lipinski definition) is 3. The molecule has 2 N–H and O–H groups in total. The number of amides is 1. The van der Waals surface area contributed by atoms with E-state index in [2.05, 4.69) is 15.6 Å². The molecule has 0 bridgehead atoms. The molecule has 0 saturated carbocycles. The maximum atomic E-state index is 13.2. The molecule has 1 aromatic heterocycles. The number of pyridine rings is 1. The first-order valence-corrected chi connectivity index (χ1v) is 4.92. The van der Waals surface area contributed by atoms with E-state index in [0.29, 0.717) is 13.0 Å². The minimum Gasteiger partial charge on any atom is -0.356 e. The molecule has 0 spiro atoms. The summed E-state index contributed by atoms with van der Waals surface area (Å²) in [5, 5.41) is 5.52. The maximum Gasteiger partial charge on any atom is 0.242 e. The van der Waals surface area contributed by atoms with Crippen molar-refractivity contribution in [3.63, 3.8) is 0 Å². The second-order valence-corrected chi connectivity index (χ2v) is 3.46. The Hall–Kier alpha value is -1.65. The zero-order valence-electron chi connectivity index (χ0n) is 8.16. The van der Waals surface area contributed by atoms with E-state index >= 15 is 0 Å². The van der Waals surface area contributed by atoms with Crippen molar-refractivity contribution >= 4 is 11.7 Å². The first-order chi connectivity index (χ1) is 7.27. The van der Waals surface area contributed by atoms with E-state index in [4.69, 9.17) is 0 Å². The number of carbonyl (C=O) groups is 1. The lowest BCUT2D eigenvalue weighted by Crippen LogP contribution is -2.44. The number of hydrogen-bond donors (Lipinski definition) is 2. The largest absolute Gasteiger partial charge is 0.356 e. The molecule has 15 heavy (non-hydrogen) atoms. The highest BCUT2D eigenvalue weighted by Gasteiger charge is 2.22. The maximum absolute atomic E-state index is 13.2. The molecule has 2 heterocycles. The molecule has 5 heteroatoms. The Labute approximate surface area is 86.9 Å². The number of carbonyl (C=O) groups excluding carboxylic acids is 1. The predicted molar refractivity (Wildman–Crippen MR) is 53.8 cm³/mol. The first-order valence-electron chi connectivity index (χ1n) is 4.92. The number of anilines is 1. The minimum absolute atomic E-state index is 0.0914. The van der Waals surface area contributed by atoms with Crippen molar-refractivity contribution in [1.29, 1.82) is 0 Å². The Bertz CT molecular complexity index is 369. The molecule has 4 nitrogen and oxygen atoms in total. The van der Waals surface area contributed by atoms with Gasteiger partial charge < -0.3 is 10.6 Å². The molecule has 2 rings (SSSR count). The topological polar surface area (TPSA) is 54.0 Å². The Morgan fingerprint density at radius 2 is 2.47 bits per heavy atom. The Morgan fingerprint density at radius 3 is 3.20 bits per heavy atom. The third-order valence-electron chi connectivity index (χ3n) is 2.35. The molecule has 0 radical (unpaired) electrons. The second kappa shape index (κ2) is 4.25. The number of aromatic nitrogens is 1. The van der Waals surface area contributed by atoms with Crippen molar-refractivity contribution in [3.05, 3.63) is 24.1 Å². The number of nitrogens with zero attached hydrogens (tertiary/aromatic N) is 1. The lowest BCUT2D eigenvalue weighted by Gasteiger charge is -2.23.